The molecular formula is C17H19N3O. The molecule has 0 N–H and O–H groups in total. The first-order chi connectivity index (χ1) is 10.1. The standard InChI is InChI=1S/C17H19N3O/c1-4-15-12(3)16(21)7-8-20(15)17-13-9-11(2)5-6-14(13)18-10-19-17/h4-6,9-10,12,15H,1,7-8H2,2-3H3. The minimum absolute atomic E-state index is 0.00939. The predicted molar refractivity (Wildman–Crippen MR) is 84.4 cm³/mol. The van der Waals surface area contributed by atoms with Gasteiger partial charge < -0.3 is 4.90 Å². The molecule has 4 heteroatoms. The van der Waals surface area contributed by atoms with E-state index in [1.807, 2.05) is 25.1 Å². The Morgan fingerprint density at radius 2 is 2.19 bits per heavy atom. The molecule has 0 spiro atoms. The van der Waals surface area contributed by atoms with Crippen molar-refractivity contribution < 1.29 is 4.79 Å². The molecule has 1 fully saturated rings. The number of hydrogen-bond acceptors (Lipinski definition) is 4. The predicted octanol–water partition coefficient (Wildman–Crippen LogP) is 2.91. The Bertz CT molecular complexity index is 710. The zero-order valence-corrected chi connectivity index (χ0v) is 12.4. The Balaban J connectivity index is 2.13. The molecule has 2 heterocycles. The largest absolute Gasteiger partial charge is 0.348 e. The van der Waals surface area contributed by atoms with Gasteiger partial charge in [-0.1, -0.05) is 24.6 Å². The molecule has 1 saturated heterocycles. The van der Waals surface area contributed by atoms with Gasteiger partial charge in [0.15, 0.2) is 0 Å². The number of carbonyl (C=O) groups excluding carboxylic acids is 1. The molecule has 1 aliphatic heterocycles. The molecule has 0 bridgehead atoms. The van der Waals surface area contributed by atoms with Crippen molar-refractivity contribution in [1.82, 2.24) is 9.97 Å². The topological polar surface area (TPSA) is 46.1 Å². The van der Waals surface area contributed by atoms with Crippen molar-refractivity contribution in [2.24, 2.45) is 5.92 Å². The summed E-state index contributed by atoms with van der Waals surface area (Å²) in [6.07, 6.45) is 4.00. The normalized spacial score (nSPS) is 22.6. The SMILES string of the molecule is C=CC1C(C)C(=O)CCN1c1ncnc2ccc(C)cc12. The number of Topliss-reactive ketones (excluding diaryl/α,β-unsaturated/α-hetero) is 1. The molecule has 0 radical (unpaired) electrons. The number of nitrogens with zero attached hydrogens (tertiary/aromatic N) is 3. The van der Waals surface area contributed by atoms with Crippen molar-refractivity contribution in [2.75, 3.05) is 11.4 Å². The van der Waals surface area contributed by atoms with Gasteiger partial charge in [-0.3, -0.25) is 4.79 Å². The molecule has 108 valence electrons. The van der Waals surface area contributed by atoms with Crippen molar-refractivity contribution in [3.8, 4) is 0 Å². The molecule has 3 rings (SSSR count). The average Bonchev–Trinajstić information content (AvgIpc) is 2.49. The van der Waals surface area contributed by atoms with Gasteiger partial charge in [0, 0.05) is 24.3 Å². The monoisotopic (exact) mass is 281 g/mol. The number of rotatable bonds is 2. The zero-order valence-electron chi connectivity index (χ0n) is 12.4. The van der Waals surface area contributed by atoms with Gasteiger partial charge >= 0.3 is 0 Å². The van der Waals surface area contributed by atoms with E-state index in [9.17, 15) is 4.79 Å². The summed E-state index contributed by atoms with van der Waals surface area (Å²) in [5, 5.41) is 1.03. The van der Waals surface area contributed by atoms with E-state index in [4.69, 9.17) is 0 Å². The second kappa shape index (κ2) is 5.28. The highest BCUT2D eigenvalue weighted by molar-refractivity contribution is 5.92. The van der Waals surface area contributed by atoms with Gasteiger partial charge in [-0.05, 0) is 19.1 Å². The quantitative estimate of drug-likeness (QED) is 0.794. The molecule has 21 heavy (non-hydrogen) atoms. The van der Waals surface area contributed by atoms with Crippen molar-refractivity contribution in [2.45, 2.75) is 26.3 Å². The smallest absolute Gasteiger partial charge is 0.140 e. The maximum absolute atomic E-state index is 12.0. The highest BCUT2D eigenvalue weighted by atomic mass is 16.1. The van der Waals surface area contributed by atoms with Gasteiger partial charge in [0.1, 0.15) is 17.9 Å². The fourth-order valence-corrected chi connectivity index (χ4v) is 3.03. The number of aryl methyl sites for hydroxylation is 1. The van der Waals surface area contributed by atoms with E-state index in [-0.39, 0.29) is 12.0 Å². The number of aromatic nitrogens is 2. The van der Waals surface area contributed by atoms with Gasteiger partial charge in [0.05, 0.1) is 11.6 Å². The highest BCUT2D eigenvalue weighted by Gasteiger charge is 2.33. The van der Waals surface area contributed by atoms with Crippen LogP contribution in [0.2, 0.25) is 0 Å². The second-order valence-corrected chi connectivity index (χ2v) is 5.64. The first-order valence-corrected chi connectivity index (χ1v) is 7.25. The number of anilines is 1. The summed E-state index contributed by atoms with van der Waals surface area (Å²) in [5.74, 6) is 1.14. The first-order valence-electron chi connectivity index (χ1n) is 7.25. The number of fused-ring (bicyclic) bond motifs is 1. The van der Waals surface area contributed by atoms with Gasteiger partial charge in [0.25, 0.3) is 0 Å². The molecule has 0 amide bonds. The molecule has 1 aliphatic rings. The van der Waals surface area contributed by atoms with Crippen LogP contribution in [0.25, 0.3) is 10.9 Å². The zero-order chi connectivity index (χ0) is 15.0. The fraction of sp³-hybridized carbons (Fsp3) is 0.353. The molecule has 2 aromatic rings. The molecule has 2 atom stereocenters. The third-order valence-electron chi connectivity index (χ3n) is 4.26. The average molecular weight is 281 g/mol. The summed E-state index contributed by atoms with van der Waals surface area (Å²) in [4.78, 5) is 23.0. The lowest BCUT2D eigenvalue weighted by Crippen LogP contribution is -2.48. The number of carbonyl (C=O) groups is 1. The van der Waals surface area contributed by atoms with E-state index in [0.29, 0.717) is 18.7 Å². The van der Waals surface area contributed by atoms with Crippen LogP contribution in [0.3, 0.4) is 0 Å². The maximum Gasteiger partial charge on any atom is 0.140 e. The van der Waals surface area contributed by atoms with Gasteiger partial charge in [-0.2, -0.15) is 0 Å². The van der Waals surface area contributed by atoms with Crippen LogP contribution in [-0.4, -0.2) is 28.3 Å². The lowest BCUT2D eigenvalue weighted by atomic mass is 9.89. The molecule has 1 aromatic heterocycles. The van der Waals surface area contributed by atoms with Gasteiger partial charge in [-0.15, -0.1) is 6.58 Å². The Kier molecular flexibility index (Phi) is 3.45. The molecule has 4 nitrogen and oxygen atoms in total. The first kappa shape index (κ1) is 13.7. The summed E-state index contributed by atoms with van der Waals surface area (Å²) in [5.41, 5.74) is 2.10. The summed E-state index contributed by atoms with van der Waals surface area (Å²) >= 11 is 0. The van der Waals surface area contributed by atoms with Crippen molar-refractivity contribution in [1.29, 1.82) is 0 Å². The van der Waals surface area contributed by atoms with Crippen LogP contribution in [0.5, 0.6) is 0 Å². The van der Waals surface area contributed by atoms with Gasteiger partial charge in [-0.25, -0.2) is 9.97 Å². The van der Waals surface area contributed by atoms with Crippen LogP contribution in [0, 0.1) is 12.8 Å². The van der Waals surface area contributed by atoms with E-state index in [1.54, 1.807) is 6.33 Å². The Hall–Kier alpha value is -2.23. The summed E-state index contributed by atoms with van der Waals surface area (Å²) in [6, 6.07) is 6.15. The lowest BCUT2D eigenvalue weighted by molar-refractivity contribution is -0.123. The summed E-state index contributed by atoms with van der Waals surface area (Å²) < 4.78 is 0. The summed E-state index contributed by atoms with van der Waals surface area (Å²) in [7, 11) is 0. The number of benzene rings is 1. The molecule has 1 aromatic carbocycles. The number of hydrogen-bond donors (Lipinski definition) is 0. The molecular weight excluding hydrogens is 262 g/mol. The summed E-state index contributed by atoms with van der Waals surface area (Å²) in [6.45, 7) is 8.61. The lowest BCUT2D eigenvalue weighted by Gasteiger charge is -2.38. The van der Waals surface area contributed by atoms with Crippen LogP contribution in [-0.2, 0) is 4.79 Å². The minimum atomic E-state index is -0.0499. The Labute approximate surface area is 124 Å². The Morgan fingerprint density at radius 3 is 2.95 bits per heavy atom. The third kappa shape index (κ3) is 2.31. The van der Waals surface area contributed by atoms with Crippen molar-refractivity contribution >= 4 is 22.5 Å². The van der Waals surface area contributed by atoms with E-state index in [1.165, 1.54) is 5.56 Å². The fourth-order valence-electron chi connectivity index (χ4n) is 3.03. The van der Waals surface area contributed by atoms with E-state index in [0.717, 1.165) is 16.7 Å². The van der Waals surface area contributed by atoms with Crippen LogP contribution >= 0.6 is 0 Å². The van der Waals surface area contributed by atoms with Crippen LogP contribution < -0.4 is 4.90 Å². The molecule has 0 saturated carbocycles. The highest BCUT2D eigenvalue weighted by Crippen LogP contribution is 2.31. The van der Waals surface area contributed by atoms with Crippen molar-refractivity contribution in [3.05, 3.63) is 42.7 Å². The Morgan fingerprint density at radius 1 is 1.38 bits per heavy atom. The maximum atomic E-state index is 12.0. The van der Waals surface area contributed by atoms with Crippen LogP contribution in [0.1, 0.15) is 18.9 Å². The number of piperidine rings is 1. The third-order valence-corrected chi connectivity index (χ3v) is 4.26. The van der Waals surface area contributed by atoms with Gasteiger partial charge in [0.2, 0.25) is 0 Å². The van der Waals surface area contributed by atoms with E-state index in [2.05, 4.69) is 34.4 Å². The minimum Gasteiger partial charge on any atom is -0.348 e. The van der Waals surface area contributed by atoms with Crippen LogP contribution in [0.4, 0.5) is 5.82 Å². The van der Waals surface area contributed by atoms with Crippen molar-refractivity contribution in [3.63, 3.8) is 0 Å². The second-order valence-electron chi connectivity index (χ2n) is 5.64. The number of ketones is 1. The van der Waals surface area contributed by atoms with Crippen LogP contribution in [0.15, 0.2) is 37.2 Å². The van der Waals surface area contributed by atoms with E-state index >= 15 is 0 Å². The molecule has 2 unspecified atom stereocenters. The molecule has 0 aliphatic carbocycles. The van der Waals surface area contributed by atoms with E-state index < -0.39 is 0 Å².